The molecule has 4 atom stereocenters. The molecule has 2 heterocycles. The summed E-state index contributed by atoms with van der Waals surface area (Å²) in [5, 5.41) is 21.7. The highest BCUT2D eigenvalue weighted by Crippen LogP contribution is 2.41. The Bertz CT molecular complexity index is 740. The number of para-hydroxylation sites is 1. The molecule has 0 spiro atoms. The van der Waals surface area contributed by atoms with Gasteiger partial charge in [0.15, 0.2) is 0 Å². The van der Waals surface area contributed by atoms with Gasteiger partial charge >= 0.3 is 0 Å². The van der Waals surface area contributed by atoms with Crippen molar-refractivity contribution in [2.45, 2.75) is 38.5 Å². The van der Waals surface area contributed by atoms with E-state index in [4.69, 9.17) is 14.6 Å². The first-order valence-electron chi connectivity index (χ1n) is 9.69. The van der Waals surface area contributed by atoms with Gasteiger partial charge in [-0.3, -0.25) is 9.69 Å². The quantitative estimate of drug-likeness (QED) is 0.754. The molecule has 1 saturated heterocycles. The van der Waals surface area contributed by atoms with Crippen LogP contribution in [0.15, 0.2) is 36.9 Å². The highest BCUT2D eigenvalue weighted by Gasteiger charge is 2.42. The third kappa shape index (κ3) is 4.69. The van der Waals surface area contributed by atoms with E-state index in [1.165, 1.54) is 5.56 Å². The van der Waals surface area contributed by atoms with Crippen LogP contribution in [0.25, 0.3) is 0 Å². The molecule has 8 heteroatoms. The minimum atomic E-state index is -0.335. The Balaban J connectivity index is 0.000000706. The van der Waals surface area contributed by atoms with Crippen molar-refractivity contribution in [2.24, 2.45) is 11.8 Å². The van der Waals surface area contributed by atoms with Crippen molar-refractivity contribution >= 4 is 6.47 Å². The summed E-state index contributed by atoms with van der Waals surface area (Å²) in [6.45, 7) is 5.49. The number of nitrogens with zero attached hydrogens (tertiary/aromatic N) is 4. The second-order valence-corrected chi connectivity index (χ2v) is 7.34. The molecule has 2 N–H and O–H groups in total. The van der Waals surface area contributed by atoms with Crippen LogP contribution in [-0.2, 0) is 11.3 Å². The van der Waals surface area contributed by atoms with Crippen molar-refractivity contribution in [1.82, 2.24) is 19.7 Å². The smallest absolute Gasteiger partial charge is 0.290 e. The first-order valence-corrected chi connectivity index (χ1v) is 9.69. The van der Waals surface area contributed by atoms with E-state index < -0.39 is 0 Å². The van der Waals surface area contributed by atoms with E-state index in [1.807, 2.05) is 23.7 Å². The van der Waals surface area contributed by atoms with Gasteiger partial charge < -0.3 is 14.9 Å². The minimum Gasteiger partial charge on any atom is -0.494 e. The Labute approximate surface area is 164 Å². The molecule has 0 radical (unpaired) electrons. The minimum absolute atomic E-state index is 0.0550. The van der Waals surface area contributed by atoms with Crippen molar-refractivity contribution in [1.29, 1.82) is 0 Å². The van der Waals surface area contributed by atoms with Crippen LogP contribution >= 0.6 is 0 Å². The van der Waals surface area contributed by atoms with Crippen molar-refractivity contribution in [3.63, 3.8) is 0 Å². The van der Waals surface area contributed by atoms with E-state index in [0.29, 0.717) is 18.4 Å². The van der Waals surface area contributed by atoms with Crippen LogP contribution in [0.2, 0.25) is 0 Å². The Hall–Kier alpha value is -2.45. The molecular formula is C20H28N4O4. The molecule has 1 aromatic heterocycles. The van der Waals surface area contributed by atoms with Gasteiger partial charge in [0.2, 0.25) is 0 Å². The van der Waals surface area contributed by atoms with E-state index in [-0.39, 0.29) is 18.6 Å². The predicted molar refractivity (Wildman–Crippen MR) is 103 cm³/mol. The molecular weight excluding hydrogens is 360 g/mol. The number of rotatable bonds is 5. The zero-order chi connectivity index (χ0) is 19.9. The zero-order valence-electron chi connectivity index (χ0n) is 16.1. The molecule has 4 rings (SSSR count). The monoisotopic (exact) mass is 388 g/mol. The molecule has 1 aliphatic carbocycles. The predicted octanol–water partition coefficient (Wildman–Crippen LogP) is 1.82. The van der Waals surface area contributed by atoms with E-state index in [2.05, 4.69) is 27.1 Å². The topological polar surface area (TPSA) is 101 Å². The van der Waals surface area contributed by atoms with Gasteiger partial charge in [-0.15, -0.1) is 0 Å². The summed E-state index contributed by atoms with van der Waals surface area (Å²) in [4.78, 5) is 14.9. The lowest BCUT2D eigenvalue weighted by Crippen LogP contribution is -2.36. The maximum absolute atomic E-state index is 10.6. The van der Waals surface area contributed by atoms with Gasteiger partial charge in [0.25, 0.3) is 6.47 Å². The van der Waals surface area contributed by atoms with Gasteiger partial charge in [-0.25, -0.2) is 9.67 Å². The molecule has 0 unspecified atom stereocenters. The van der Waals surface area contributed by atoms with Gasteiger partial charge in [-0.1, -0.05) is 18.2 Å². The van der Waals surface area contributed by atoms with Crippen molar-refractivity contribution < 1.29 is 19.7 Å². The number of likely N-dealkylation sites (tertiary alicyclic amines) is 1. The molecule has 1 aliphatic heterocycles. The summed E-state index contributed by atoms with van der Waals surface area (Å²) in [7, 11) is 0. The lowest BCUT2D eigenvalue weighted by molar-refractivity contribution is -0.122. The number of carboxylic acid groups (broad SMARTS) is 1. The fraction of sp³-hybridized carbons (Fsp3) is 0.550. The van der Waals surface area contributed by atoms with Crippen LogP contribution in [0.4, 0.5) is 0 Å². The van der Waals surface area contributed by atoms with E-state index in [9.17, 15) is 5.11 Å². The number of fused-ring (bicyclic) bond motifs is 1. The first-order chi connectivity index (χ1) is 13.7. The highest BCUT2D eigenvalue weighted by atomic mass is 16.5. The van der Waals surface area contributed by atoms with Crippen molar-refractivity contribution in [3.05, 3.63) is 42.5 Å². The third-order valence-electron chi connectivity index (χ3n) is 5.63. The van der Waals surface area contributed by atoms with Gasteiger partial charge in [0.1, 0.15) is 18.4 Å². The SMILES string of the molecule is CCOc1ccccc1CN1C[C@H]2C[C@@H](n3cncn3)[C@H](O)C[C@H]2C1.O=CO. The summed E-state index contributed by atoms with van der Waals surface area (Å²) in [5.74, 6) is 2.16. The Kier molecular flexibility index (Phi) is 7.00. The zero-order valence-corrected chi connectivity index (χ0v) is 16.1. The number of hydrogen-bond acceptors (Lipinski definition) is 6. The summed E-state index contributed by atoms with van der Waals surface area (Å²) < 4.78 is 7.59. The van der Waals surface area contributed by atoms with Crippen molar-refractivity contribution in [2.75, 3.05) is 19.7 Å². The van der Waals surface area contributed by atoms with Crippen LogP contribution in [0.1, 0.15) is 31.4 Å². The van der Waals surface area contributed by atoms with E-state index >= 15 is 0 Å². The molecule has 1 aromatic carbocycles. The fourth-order valence-electron chi connectivity index (χ4n) is 4.48. The first kappa shape index (κ1) is 20.3. The second-order valence-electron chi connectivity index (χ2n) is 7.34. The van der Waals surface area contributed by atoms with Gasteiger partial charge in [-0.2, -0.15) is 5.10 Å². The third-order valence-corrected chi connectivity index (χ3v) is 5.63. The van der Waals surface area contributed by atoms with Gasteiger partial charge in [-0.05, 0) is 37.7 Å². The van der Waals surface area contributed by atoms with Gasteiger partial charge in [0.05, 0.1) is 18.8 Å². The van der Waals surface area contributed by atoms with Crippen LogP contribution in [0.5, 0.6) is 5.75 Å². The van der Waals surface area contributed by atoms with Gasteiger partial charge in [0, 0.05) is 25.2 Å². The summed E-state index contributed by atoms with van der Waals surface area (Å²) in [6.07, 6.45) is 4.75. The standard InChI is InChI=1S/C19H26N4O2.CH2O2/c1-2-25-19-6-4-3-5-14(19)9-22-10-15-7-17(23-13-20-12-21-23)18(24)8-16(15)11-22;2-1-3/h3-6,12-13,15-18,24H,2,7-11H2,1H3;1H,(H,2,3)/t15-,16+,17-,18-;/m1./s1. The number of aromatic nitrogens is 3. The molecule has 2 aliphatic rings. The number of hydrogen-bond donors (Lipinski definition) is 2. The molecule has 152 valence electrons. The largest absolute Gasteiger partial charge is 0.494 e. The van der Waals surface area contributed by atoms with Crippen LogP contribution in [0, 0.1) is 11.8 Å². The average Bonchev–Trinajstić information content (AvgIpc) is 3.33. The van der Waals surface area contributed by atoms with Crippen LogP contribution < -0.4 is 4.74 Å². The maximum atomic E-state index is 10.6. The summed E-state index contributed by atoms with van der Waals surface area (Å²) in [5.41, 5.74) is 1.25. The summed E-state index contributed by atoms with van der Waals surface area (Å²) in [6, 6.07) is 8.36. The number of aliphatic hydroxyl groups is 1. The molecule has 0 bridgehead atoms. The maximum Gasteiger partial charge on any atom is 0.290 e. The molecule has 1 saturated carbocycles. The number of ether oxygens (including phenoxy) is 1. The highest BCUT2D eigenvalue weighted by molar-refractivity contribution is 5.33. The van der Waals surface area contributed by atoms with Crippen LogP contribution in [-0.4, -0.2) is 62.2 Å². The van der Waals surface area contributed by atoms with E-state index in [1.54, 1.807) is 12.7 Å². The number of carbonyl (C=O) groups is 1. The molecule has 2 fully saturated rings. The molecule has 0 amide bonds. The van der Waals surface area contributed by atoms with Crippen molar-refractivity contribution in [3.8, 4) is 5.75 Å². The number of benzene rings is 1. The number of aliphatic hydroxyl groups excluding tert-OH is 1. The molecule has 2 aromatic rings. The lowest BCUT2D eigenvalue weighted by atomic mass is 9.77. The fourth-order valence-corrected chi connectivity index (χ4v) is 4.48. The molecule has 8 nitrogen and oxygen atoms in total. The summed E-state index contributed by atoms with van der Waals surface area (Å²) >= 11 is 0. The average molecular weight is 388 g/mol. The Morgan fingerprint density at radius 2 is 1.96 bits per heavy atom. The molecule has 28 heavy (non-hydrogen) atoms. The lowest BCUT2D eigenvalue weighted by Gasteiger charge is -2.35. The normalized spacial score (nSPS) is 26.8. The van der Waals surface area contributed by atoms with E-state index in [0.717, 1.165) is 38.2 Å². The van der Waals surface area contributed by atoms with Crippen LogP contribution in [0.3, 0.4) is 0 Å². The Morgan fingerprint density at radius 1 is 1.25 bits per heavy atom. The second kappa shape index (κ2) is 9.66. The Morgan fingerprint density at radius 3 is 2.64 bits per heavy atom.